The van der Waals surface area contributed by atoms with E-state index in [1.54, 1.807) is 0 Å². The molecule has 0 aliphatic heterocycles. The highest BCUT2D eigenvalue weighted by Crippen LogP contribution is 2.12. The molecule has 0 saturated carbocycles. The monoisotopic (exact) mass is 228 g/mol. The topological polar surface area (TPSA) is 3.01 Å². The molecule has 9 heavy (non-hydrogen) atoms. The Hall–Kier alpha value is 1.12. The number of rotatable bonds is 2. The number of hydrogen-bond acceptors (Lipinski definition) is 0. The van der Waals surface area contributed by atoms with Crippen molar-refractivity contribution >= 4 is 63.7 Å². The summed E-state index contributed by atoms with van der Waals surface area (Å²) in [5, 5.41) is 0. The van der Waals surface area contributed by atoms with Crippen molar-refractivity contribution in [1.82, 2.24) is 0 Å². The van der Waals surface area contributed by atoms with Crippen LogP contribution >= 0.6 is 58.0 Å². The first-order valence-corrected chi connectivity index (χ1v) is 4.05. The molecule has 0 amide bonds. The standard InChI is InChI=1S/C3H3Cl5N/c4-1-9(2(5)6)3(7)8/h1-3H/q+1. The van der Waals surface area contributed by atoms with E-state index in [0.717, 1.165) is 10.2 Å². The number of hydrogen-bond donors (Lipinski definition) is 0. The predicted molar refractivity (Wildman–Crippen MR) is 43.2 cm³/mol. The molecule has 0 bridgehead atoms. The van der Waals surface area contributed by atoms with Gasteiger partial charge < -0.3 is 0 Å². The third-order valence-electron chi connectivity index (χ3n) is 0.563. The SMILES string of the molecule is ClC=[N+](C(Cl)Cl)C(Cl)Cl. The van der Waals surface area contributed by atoms with Crippen molar-refractivity contribution in [3.63, 3.8) is 0 Å². The van der Waals surface area contributed by atoms with E-state index in [2.05, 4.69) is 0 Å². The molecule has 0 spiro atoms. The first kappa shape index (κ1) is 10.1. The van der Waals surface area contributed by atoms with Gasteiger partial charge in [-0.3, -0.25) is 0 Å². The normalized spacial score (nSPS) is 10.6. The van der Waals surface area contributed by atoms with E-state index in [1.165, 1.54) is 0 Å². The molecule has 0 N–H and O–H groups in total. The Labute approximate surface area is 78.1 Å². The maximum Gasteiger partial charge on any atom is 0.307 e. The summed E-state index contributed by atoms with van der Waals surface area (Å²) in [6, 6.07) is 0. The molecule has 0 aliphatic rings. The van der Waals surface area contributed by atoms with Gasteiger partial charge in [0, 0.05) is 0 Å². The molecular weight excluding hydrogens is 227 g/mol. The molecular formula is C3H3Cl5N+. The maximum absolute atomic E-state index is 5.35. The van der Waals surface area contributed by atoms with Gasteiger partial charge in [-0.05, 0) is 58.0 Å². The average molecular weight is 230 g/mol. The molecule has 0 aromatic heterocycles. The highest BCUT2D eigenvalue weighted by atomic mass is 35.5. The van der Waals surface area contributed by atoms with Gasteiger partial charge in [0.25, 0.3) is 0 Å². The highest BCUT2D eigenvalue weighted by molar-refractivity contribution is 6.56. The van der Waals surface area contributed by atoms with Crippen molar-refractivity contribution in [2.45, 2.75) is 9.92 Å². The minimum absolute atomic E-state index is 0.817. The van der Waals surface area contributed by atoms with Gasteiger partial charge in [-0.25, -0.2) is 0 Å². The Kier molecular flexibility index (Phi) is 5.47. The number of alkyl halides is 4. The summed E-state index contributed by atoms with van der Waals surface area (Å²) in [7, 11) is 0. The fourth-order valence-electron chi connectivity index (χ4n) is 0.170. The smallest absolute Gasteiger partial charge is 0.163 e. The lowest BCUT2D eigenvalue weighted by Gasteiger charge is -2.00. The van der Waals surface area contributed by atoms with Crippen LogP contribution in [0.2, 0.25) is 0 Å². The van der Waals surface area contributed by atoms with Crippen molar-refractivity contribution < 1.29 is 4.58 Å². The van der Waals surface area contributed by atoms with Gasteiger partial charge in [0.1, 0.15) is 0 Å². The highest BCUT2D eigenvalue weighted by Gasteiger charge is 2.20. The number of halogens is 5. The Bertz CT molecular complexity index is 98.8. The first-order chi connectivity index (χ1) is 4.09. The van der Waals surface area contributed by atoms with Crippen LogP contribution in [0.5, 0.6) is 0 Å². The third kappa shape index (κ3) is 3.74. The van der Waals surface area contributed by atoms with Crippen molar-refractivity contribution in [3.8, 4) is 0 Å². The maximum atomic E-state index is 5.35. The molecule has 0 rings (SSSR count). The third-order valence-corrected chi connectivity index (χ3v) is 1.69. The van der Waals surface area contributed by atoms with E-state index in [9.17, 15) is 0 Å². The van der Waals surface area contributed by atoms with Crippen LogP contribution in [0.25, 0.3) is 0 Å². The van der Waals surface area contributed by atoms with Gasteiger partial charge in [0.2, 0.25) is 5.67 Å². The fraction of sp³-hybridized carbons (Fsp3) is 0.667. The fourth-order valence-corrected chi connectivity index (χ4v) is 1.53. The van der Waals surface area contributed by atoms with Crippen LogP contribution in [-0.4, -0.2) is 20.2 Å². The lowest BCUT2D eigenvalue weighted by Crippen LogP contribution is -2.20. The largest absolute Gasteiger partial charge is 0.307 e. The van der Waals surface area contributed by atoms with Crippen molar-refractivity contribution in [2.24, 2.45) is 0 Å². The lowest BCUT2D eigenvalue weighted by atomic mass is 11.1. The van der Waals surface area contributed by atoms with Crippen molar-refractivity contribution in [3.05, 3.63) is 0 Å². The number of nitrogens with zero attached hydrogens (tertiary/aromatic N) is 1. The summed E-state index contributed by atoms with van der Waals surface area (Å²) in [6.07, 6.45) is 0. The lowest BCUT2D eigenvalue weighted by molar-refractivity contribution is -0.514. The van der Waals surface area contributed by atoms with Crippen LogP contribution in [0.4, 0.5) is 0 Å². The van der Waals surface area contributed by atoms with Gasteiger partial charge in [0.05, 0.1) is 0 Å². The van der Waals surface area contributed by atoms with Gasteiger partial charge in [-0.2, -0.15) is 4.58 Å². The Morgan fingerprint density at radius 3 is 1.33 bits per heavy atom. The Morgan fingerprint density at radius 1 is 1.00 bits per heavy atom. The van der Waals surface area contributed by atoms with E-state index < -0.39 is 9.92 Å². The van der Waals surface area contributed by atoms with Gasteiger partial charge in [-0.15, -0.1) is 0 Å². The zero-order valence-electron chi connectivity index (χ0n) is 4.07. The van der Waals surface area contributed by atoms with Crippen molar-refractivity contribution in [1.29, 1.82) is 0 Å². The molecule has 0 atom stereocenters. The molecule has 54 valence electrons. The Morgan fingerprint density at radius 2 is 1.33 bits per heavy atom. The van der Waals surface area contributed by atoms with E-state index in [4.69, 9.17) is 58.0 Å². The average Bonchev–Trinajstić information content (AvgIpc) is 1.64. The summed E-state index contributed by atoms with van der Waals surface area (Å²) in [5.41, 5.74) is 1.09. The summed E-state index contributed by atoms with van der Waals surface area (Å²) in [6.45, 7) is 0. The molecule has 0 unspecified atom stereocenters. The van der Waals surface area contributed by atoms with E-state index >= 15 is 0 Å². The first-order valence-electron chi connectivity index (χ1n) is 1.87. The van der Waals surface area contributed by atoms with E-state index in [0.29, 0.717) is 0 Å². The molecule has 6 heteroatoms. The predicted octanol–water partition coefficient (Wildman–Crippen LogP) is 2.79. The second-order valence-electron chi connectivity index (χ2n) is 1.10. The Balaban J connectivity index is 4.01. The summed E-state index contributed by atoms with van der Waals surface area (Å²) in [5.74, 6) is 0. The molecule has 0 heterocycles. The molecule has 0 saturated heterocycles. The molecule has 0 fully saturated rings. The molecule has 0 aromatic rings. The van der Waals surface area contributed by atoms with Gasteiger partial charge in [-0.1, -0.05) is 0 Å². The summed E-state index contributed by atoms with van der Waals surface area (Å²) in [4.78, 5) is -1.63. The van der Waals surface area contributed by atoms with Crippen molar-refractivity contribution in [2.75, 3.05) is 0 Å². The van der Waals surface area contributed by atoms with E-state index in [-0.39, 0.29) is 0 Å². The zero-order chi connectivity index (χ0) is 7.44. The van der Waals surface area contributed by atoms with Crippen LogP contribution in [0.3, 0.4) is 0 Å². The minimum Gasteiger partial charge on any atom is -0.163 e. The van der Waals surface area contributed by atoms with Crippen LogP contribution in [0.15, 0.2) is 0 Å². The second kappa shape index (κ2) is 4.86. The molecule has 0 radical (unpaired) electrons. The van der Waals surface area contributed by atoms with Crippen LogP contribution in [0, 0.1) is 0 Å². The van der Waals surface area contributed by atoms with Gasteiger partial charge >= 0.3 is 9.92 Å². The summed E-state index contributed by atoms with van der Waals surface area (Å²) >= 11 is 26.6. The molecule has 0 aromatic carbocycles. The zero-order valence-corrected chi connectivity index (χ0v) is 7.85. The second-order valence-corrected chi connectivity index (χ2v) is 3.40. The summed E-state index contributed by atoms with van der Waals surface area (Å²) < 4.78 is 1.16. The molecule has 0 aliphatic carbocycles. The van der Waals surface area contributed by atoms with E-state index in [1.807, 2.05) is 0 Å². The van der Waals surface area contributed by atoms with Crippen LogP contribution in [-0.2, 0) is 0 Å². The molecule has 1 nitrogen and oxygen atoms in total. The van der Waals surface area contributed by atoms with Crippen LogP contribution in [0.1, 0.15) is 0 Å². The minimum atomic E-state index is -0.817. The van der Waals surface area contributed by atoms with Gasteiger partial charge in [0.15, 0.2) is 0 Å². The van der Waals surface area contributed by atoms with Crippen LogP contribution < -0.4 is 0 Å². The quantitative estimate of drug-likeness (QED) is 0.297.